The normalized spacial score (nSPS) is 23.1. The van der Waals surface area contributed by atoms with Crippen molar-refractivity contribution in [3.05, 3.63) is 35.1 Å². The van der Waals surface area contributed by atoms with Crippen LogP contribution in [-0.2, 0) is 13.1 Å². The van der Waals surface area contributed by atoms with Gasteiger partial charge in [0, 0.05) is 31.2 Å². The summed E-state index contributed by atoms with van der Waals surface area (Å²) in [5, 5.41) is 3.50. The number of hydrogen-bond donors (Lipinski definition) is 1. The first-order chi connectivity index (χ1) is 10.1. The van der Waals surface area contributed by atoms with Crippen LogP contribution in [0, 0.1) is 17.7 Å². The molecular weight excluding hydrogens is 263 g/mol. The highest BCUT2D eigenvalue weighted by molar-refractivity contribution is 5.25. The quantitative estimate of drug-likeness (QED) is 0.862. The molecule has 1 aromatic carbocycles. The minimum Gasteiger partial charge on any atom is -0.310 e. The molecule has 1 atom stereocenters. The predicted octanol–water partition coefficient (Wildman–Crippen LogP) is 3.56. The monoisotopic (exact) mass is 290 g/mol. The van der Waals surface area contributed by atoms with Gasteiger partial charge >= 0.3 is 0 Å². The molecule has 3 heteroatoms. The van der Waals surface area contributed by atoms with Crippen LogP contribution in [0.2, 0.25) is 0 Å². The lowest BCUT2D eigenvalue weighted by Crippen LogP contribution is -2.22. The first-order valence-electron chi connectivity index (χ1n) is 8.35. The maximum Gasteiger partial charge on any atom is 0.127 e. The van der Waals surface area contributed by atoms with Gasteiger partial charge in [-0.05, 0) is 49.3 Å². The fourth-order valence-electron chi connectivity index (χ4n) is 3.20. The third kappa shape index (κ3) is 4.04. The van der Waals surface area contributed by atoms with Crippen molar-refractivity contribution >= 4 is 0 Å². The van der Waals surface area contributed by atoms with Gasteiger partial charge in [0.15, 0.2) is 0 Å². The Balaban J connectivity index is 1.59. The summed E-state index contributed by atoms with van der Waals surface area (Å²) in [5.74, 6) is 1.44. The molecule has 2 nitrogen and oxygen atoms in total. The van der Waals surface area contributed by atoms with Gasteiger partial charge in [0.25, 0.3) is 0 Å². The van der Waals surface area contributed by atoms with Crippen molar-refractivity contribution in [2.75, 3.05) is 13.1 Å². The summed E-state index contributed by atoms with van der Waals surface area (Å²) >= 11 is 0. The minimum atomic E-state index is -0.0573. The van der Waals surface area contributed by atoms with Crippen LogP contribution in [0.4, 0.5) is 4.39 Å². The lowest BCUT2D eigenvalue weighted by molar-refractivity contribution is 0.293. The van der Waals surface area contributed by atoms with Crippen molar-refractivity contribution in [1.29, 1.82) is 0 Å². The van der Waals surface area contributed by atoms with E-state index in [-0.39, 0.29) is 5.82 Å². The van der Waals surface area contributed by atoms with Crippen LogP contribution in [0.25, 0.3) is 0 Å². The number of halogens is 1. The van der Waals surface area contributed by atoms with Crippen molar-refractivity contribution < 1.29 is 4.39 Å². The molecule has 0 amide bonds. The second kappa shape index (κ2) is 6.45. The van der Waals surface area contributed by atoms with Gasteiger partial charge in [-0.25, -0.2) is 4.39 Å². The average Bonchev–Trinajstić information content (AvgIpc) is 3.17. The number of benzene rings is 1. The first-order valence-corrected chi connectivity index (χ1v) is 8.35. The Hall–Kier alpha value is -0.930. The highest BCUT2D eigenvalue weighted by atomic mass is 19.1. The lowest BCUT2D eigenvalue weighted by atomic mass is 9.95. The molecule has 1 aromatic rings. The van der Waals surface area contributed by atoms with E-state index in [4.69, 9.17) is 0 Å². The molecule has 1 saturated carbocycles. The van der Waals surface area contributed by atoms with E-state index < -0.39 is 0 Å². The highest BCUT2D eigenvalue weighted by Crippen LogP contribution is 2.26. The summed E-state index contributed by atoms with van der Waals surface area (Å²) in [6, 6.07) is 6.29. The third-order valence-electron chi connectivity index (χ3n) is 4.93. The Labute approximate surface area is 127 Å². The Morgan fingerprint density at radius 2 is 2.10 bits per heavy atom. The molecule has 2 fully saturated rings. The van der Waals surface area contributed by atoms with Gasteiger partial charge in [-0.15, -0.1) is 0 Å². The van der Waals surface area contributed by atoms with E-state index in [9.17, 15) is 4.39 Å². The van der Waals surface area contributed by atoms with E-state index in [1.807, 2.05) is 12.1 Å². The summed E-state index contributed by atoms with van der Waals surface area (Å²) in [5.41, 5.74) is 2.06. The summed E-state index contributed by atoms with van der Waals surface area (Å²) in [7, 11) is 0. The fraction of sp³-hybridized carbons (Fsp3) is 0.667. The van der Waals surface area contributed by atoms with Crippen LogP contribution in [0.3, 0.4) is 0 Å². The second-order valence-electron chi connectivity index (χ2n) is 7.11. The van der Waals surface area contributed by atoms with Gasteiger partial charge < -0.3 is 5.32 Å². The Bertz CT molecular complexity index is 482. The summed E-state index contributed by atoms with van der Waals surface area (Å²) in [4.78, 5) is 2.40. The zero-order chi connectivity index (χ0) is 14.8. The standard InChI is InChI=1S/C18H27FN2/c1-13(2)15-7-8-21(11-15)12-16-9-14(3-6-18(16)19)10-20-17-4-5-17/h3,6,9,13,15,17,20H,4-5,7-8,10-12H2,1-2H3. The molecule has 0 radical (unpaired) electrons. The molecule has 1 N–H and O–H groups in total. The molecule has 1 saturated heterocycles. The van der Waals surface area contributed by atoms with Gasteiger partial charge in [0.2, 0.25) is 0 Å². The average molecular weight is 290 g/mol. The van der Waals surface area contributed by atoms with Crippen LogP contribution in [0.5, 0.6) is 0 Å². The molecule has 2 aliphatic rings. The van der Waals surface area contributed by atoms with Crippen LogP contribution < -0.4 is 5.32 Å². The second-order valence-corrected chi connectivity index (χ2v) is 7.11. The third-order valence-corrected chi connectivity index (χ3v) is 4.93. The molecule has 0 bridgehead atoms. The SMILES string of the molecule is CC(C)C1CCN(Cc2cc(CNC3CC3)ccc2F)C1. The maximum atomic E-state index is 14.0. The van der Waals surface area contributed by atoms with Crippen molar-refractivity contribution in [2.24, 2.45) is 11.8 Å². The Morgan fingerprint density at radius 1 is 1.29 bits per heavy atom. The van der Waals surface area contributed by atoms with Gasteiger partial charge in [0.1, 0.15) is 5.82 Å². The van der Waals surface area contributed by atoms with Crippen LogP contribution in [-0.4, -0.2) is 24.0 Å². The molecule has 3 rings (SSSR count). The molecule has 116 valence electrons. The largest absolute Gasteiger partial charge is 0.310 e. The van der Waals surface area contributed by atoms with E-state index >= 15 is 0 Å². The van der Waals surface area contributed by atoms with Gasteiger partial charge in [-0.1, -0.05) is 26.0 Å². The maximum absolute atomic E-state index is 14.0. The van der Waals surface area contributed by atoms with Crippen molar-refractivity contribution in [2.45, 2.75) is 52.2 Å². The zero-order valence-corrected chi connectivity index (χ0v) is 13.2. The van der Waals surface area contributed by atoms with E-state index in [2.05, 4.69) is 24.1 Å². The number of nitrogens with zero attached hydrogens (tertiary/aromatic N) is 1. The molecule has 1 aliphatic carbocycles. The topological polar surface area (TPSA) is 15.3 Å². The molecular formula is C18H27FN2. The predicted molar refractivity (Wildman–Crippen MR) is 84.5 cm³/mol. The highest BCUT2D eigenvalue weighted by Gasteiger charge is 2.25. The fourth-order valence-corrected chi connectivity index (χ4v) is 3.20. The van der Waals surface area contributed by atoms with Crippen LogP contribution in [0.15, 0.2) is 18.2 Å². The Kier molecular flexibility index (Phi) is 4.60. The zero-order valence-electron chi connectivity index (χ0n) is 13.2. The molecule has 0 spiro atoms. The minimum absolute atomic E-state index is 0.0573. The number of rotatable bonds is 6. The van der Waals surface area contributed by atoms with E-state index in [0.717, 1.165) is 43.6 Å². The van der Waals surface area contributed by atoms with Gasteiger partial charge in [0.05, 0.1) is 0 Å². The smallest absolute Gasteiger partial charge is 0.127 e. The van der Waals surface area contributed by atoms with E-state index in [1.54, 1.807) is 6.07 Å². The summed E-state index contributed by atoms with van der Waals surface area (Å²) in [6.45, 7) is 8.42. The number of nitrogens with one attached hydrogen (secondary N) is 1. The molecule has 1 heterocycles. The Morgan fingerprint density at radius 3 is 2.76 bits per heavy atom. The van der Waals surface area contributed by atoms with Crippen LogP contribution in [0.1, 0.15) is 44.2 Å². The molecule has 1 aliphatic heterocycles. The lowest BCUT2D eigenvalue weighted by Gasteiger charge is -2.18. The number of hydrogen-bond acceptors (Lipinski definition) is 2. The van der Waals surface area contributed by atoms with Crippen molar-refractivity contribution in [3.63, 3.8) is 0 Å². The summed E-state index contributed by atoms with van der Waals surface area (Å²) in [6.07, 6.45) is 3.83. The number of likely N-dealkylation sites (tertiary alicyclic amines) is 1. The van der Waals surface area contributed by atoms with Crippen molar-refractivity contribution in [1.82, 2.24) is 10.2 Å². The summed E-state index contributed by atoms with van der Waals surface area (Å²) < 4.78 is 14.0. The van der Waals surface area contributed by atoms with E-state index in [0.29, 0.717) is 6.04 Å². The van der Waals surface area contributed by atoms with E-state index in [1.165, 1.54) is 24.8 Å². The van der Waals surface area contributed by atoms with Crippen molar-refractivity contribution in [3.8, 4) is 0 Å². The molecule has 0 aromatic heterocycles. The first kappa shape index (κ1) is 15.0. The van der Waals surface area contributed by atoms with Gasteiger partial charge in [-0.3, -0.25) is 4.90 Å². The molecule has 21 heavy (non-hydrogen) atoms. The van der Waals surface area contributed by atoms with Gasteiger partial charge in [-0.2, -0.15) is 0 Å². The van der Waals surface area contributed by atoms with Crippen LogP contribution >= 0.6 is 0 Å². The molecule has 1 unspecified atom stereocenters.